The molecule has 11 fully saturated rings. The fourth-order valence-corrected chi connectivity index (χ4v) is 19.1. The molecule has 0 saturated carbocycles. The van der Waals surface area contributed by atoms with E-state index in [1.807, 2.05) is 0 Å². The van der Waals surface area contributed by atoms with Crippen LogP contribution in [0.1, 0.15) is 61.3 Å². The molecule has 146 heavy (non-hydrogen) atoms. The van der Waals surface area contributed by atoms with Gasteiger partial charge in [0, 0.05) is 39.5 Å². The summed E-state index contributed by atoms with van der Waals surface area (Å²) in [5, 5.41) is 349. The van der Waals surface area contributed by atoms with Crippen LogP contribution in [0.2, 0.25) is 0 Å². The average molecular weight is 2140 g/mol. The van der Waals surface area contributed by atoms with Crippen LogP contribution in [-0.2, 0) is 138 Å². The van der Waals surface area contributed by atoms with Crippen molar-refractivity contribution in [3.8, 4) is 0 Å². The van der Waals surface area contributed by atoms with E-state index in [4.69, 9.17) is 109 Å². The van der Waals surface area contributed by atoms with Gasteiger partial charge in [-0.05, 0) is 6.92 Å². The molecule has 11 saturated heterocycles. The molecule has 22 unspecified atom stereocenters. The van der Waals surface area contributed by atoms with Crippen molar-refractivity contribution < 1.29 is 291 Å². The lowest BCUT2D eigenvalue weighted by molar-refractivity contribution is -0.424. The lowest BCUT2D eigenvalue weighted by Crippen LogP contribution is -2.71. The number of aliphatic hydroxyl groups excluding tert-OH is 30. The minimum Gasteiger partial charge on any atom is -0.410 e. The van der Waals surface area contributed by atoms with Crippen LogP contribution in [0.15, 0.2) is 0 Å². The molecular formula is C83H138N4O59. The minimum absolute atomic E-state index is 0.202. The Morgan fingerprint density at radius 3 is 0.932 bits per heavy atom. The van der Waals surface area contributed by atoms with E-state index in [1.54, 1.807) is 0 Å². The topological polar surface area (TPSA) is 970 Å². The molecule has 844 valence electrons. The Balaban J connectivity index is 0.887. The van der Waals surface area contributed by atoms with E-state index in [9.17, 15) is 182 Å². The van der Waals surface area contributed by atoms with Crippen LogP contribution in [-0.4, -0.2) is 599 Å². The smallest absolute Gasteiger partial charge is 0.332 e. The van der Waals surface area contributed by atoms with Gasteiger partial charge in [-0.2, -0.15) is 0 Å². The summed E-state index contributed by atoms with van der Waals surface area (Å²) in [7, 11) is 0. The maximum Gasteiger partial charge on any atom is 0.332 e. The van der Waals surface area contributed by atoms with E-state index in [2.05, 4.69) is 21.3 Å². The largest absolute Gasteiger partial charge is 0.410 e. The zero-order chi connectivity index (χ0) is 108. The second-order valence-electron chi connectivity index (χ2n) is 37.4. The van der Waals surface area contributed by atoms with Gasteiger partial charge in [0.25, 0.3) is 12.9 Å². The molecule has 57 atom stereocenters. The molecule has 0 aromatic carbocycles. The Morgan fingerprint density at radius 2 is 0.589 bits per heavy atom. The van der Waals surface area contributed by atoms with Crippen molar-refractivity contribution in [2.45, 2.75) is 398 Å². The predicted molar refractivity (Wildman–Crippen MR) is 452 cm³/mol. The molecule has 0 radical (unpaired) electrons. The third kappa shape index (κ3) is 27.1. The summed E-state index contributed by atoms with van der Waals surface area (Å²) < 4.78 is 137. The van der Waals surface area contributed by atoms with Gasteiger partial charge in [0.1, 0.15) is 238 Å². The van der Waals surface area contributed by atoms with Gasteiger partial charge in [0.05, 0.1) is 122 Å². The maximum atomic E-state index is 13.3. The van der Waals surface area contributed by atoms with E-state index in [0.29, 0.717) is 0 Å². The Labute approximate surface area is 828 Å². The normalized spacial score (nSPS) is 47.5. The van der Waals surface area contributed by atoms with Crippen molar-refractivity contribution in [1.29, 1.82) is 0 Å². The van der Waals surface area contributed by atoms with E-state index < -0.39 is 458 Å². The highest BCUT2D eigenvalue weighted by Gasteiger charge is 2.64. The SMILES string of the molecule is CC(=O)NC1C(O)[C@H](O[C@@H]2OC(CO[C@]3(OC=O)C[C@@H](O)[C@@H](C)C([C@H](O)C(O)CO)O3)[C@H](O)[C@H](O)C2O)[C@H](CO)O[C@H]1OC1[C@@H](OCC2O[C@@H](O[C@@H]3C(CO)O[C@@H](O[C@@H]4C(CO)O[C@@H](C)C(NC(C)=O)[C@H]4O)C(NC(C)=O)[C@H]3O)C(O)[C@@H](O[C@H]3OC(CO)[C@@H](O)C(O)C3O[C@@H]3OC(CO)[C@@H](O[C@@H]4OC(CO[C@]5(OC=O)C[C@@H](O)[C@@H](C)C([C@H](O)[C@H](O)CO)O5)[C@H](O)[C@H](O)C4O)[C@H](O)C3NC(C)=O)[C@@H]2O)OC(CO)[C@@H](O)[C@@H]1O. The van der Waals surface area contributed by atoms with E-state index in [1.165, 1.54) is 20.8 Å². The molecule has 34 N–H and O–H groups in total. The van der Waals surface area contributed by atoms with Gasteiger partial charge in [-0.15, -0.1) is 0 Å². The number of ether oxygens (including phenoxy) is 23. The van der Waals surface area contributed by atoms with Crippen molar-refractivity contribution in [1.82, 2.24) is 21.3 Å². The highest BCUT2D eigenvalue weighted by atomic mass is 16.9. The Kier molecular flexibility index (Phi) is 43.8. The summed E-state index contributed by atoms with van der Waals surface area (Å²) in [6.45, 7) is -4.99. The third-order valence-electron chi connectivity index (χ3n) is 27.3. The first-order valence-corrected chi connectivity index (χ1v) is 46.9. The highest BCUT2D eigenvalue weighted by molar-refractivity contribution is 5.74. The number of carbonyl (C=O) groups is 6. The number of amides is 4. The Hall–Kier alpha value is -5.22. The highest BCUT2D eigenvalue weighted by Crippen LogP contribution is 2.45. The Bertz CT molecular complexity index is 4070. The van der Waals surface area contributed by atoms with Gasteiger partial charge in [-0.1, -0.05) is 13.8 Å². The summed E-state index contributed by atoms with van der Waals surface area (Å²) >= 11 is 0. The zero-order valence-electron chi connectivity index (χ0n) is 79.4. The van der Waals surface area contributed by atoms with Crippen molar-refractivity contribution >= 4 is 36.6 Å². The van der Waals surface area contributed by atoms with Crippen molar-refractivity contribution in [3.63, 3.8) is 0 Å². The number of aliphatic hydroxyl groups is 30. The summed E-state index contributed by atoms with van der Waals surface area (Å²) in [4.78, 5) is 76.0. The summed E-state index contributed by atoms with van der Waals surface area (Å²) in [6.07, 6.45) is -105. The standard InChI is InChI=1S/C83H138N4O59/c1-23-30(102)8-82(127-21-96,145-65(23)47(106)32(104)10-88)125-19-41-51(110)58(117)62(121)77(136-41)139-68-37(15-93)133-75(45(56(68)115)86-28(6)100)143-72-60(119)49(108)34(12-90)130-80(72)124-18-40-53(112)71(64(123)79(135-40)141-70-39(17-95)132-74(44(55(70)114)85-27(5)99)138-67-36(14-92)129-25(3)43(54(67)113)84-26(4)98)142-81-73(61(120)50(109)35(13-91)131-81)144-76-46(87-29(7)101)57(116)69(38(16-94)134-76)140-78-63(122)59(118)52(111)42(137-78)20-126-83(128-22-97)9-31(103)24(2)66(146-83)48(107)33(105)11-89/h21-25,30-81,88-95,102-123H,8-20H2,1-7H3,(H,84,98)(H,85,99)(H,86,100)(H,87,101)/t23-,24-,25+,30-,31-,32?,33-,34?,35?,36?,37+,38?,39?,40?,41?,42?,43?,44?,45?,46?,47-,48-,49-,50-,51+,52+,53-,54-,55-,56?,57-,58+,59+,60+,61?,62?,63?,64?,65?,66?,67-,68-,69-,70-,71+,72?,73?,74+,75+,76+,77+,78+,79+,80+,81-,82+,83+/m1/s1. The van der Waals surface area contributed by atoms with Crippen molar-refractivity contribution in [2.75, 3.05) is 72.7 Å². The first-order chi connectivity index (χ1) is 69.0. The van der Waals surface area contributed by atoms with Gasteiger partial charge < -0.3 is 283 Å². The van der Waals surface area contributed by atoms with Gasteiger partial charge in [0.2, 0.25) is 23.6 Å². The van der Waals surface area contributed by atoms with Crippen LogP contribution in [0, 0.1) is 11.8 Å². The number of rotatable bonds is 43. The summed E-state index contributed by atoms with van der Waals surface area (Å²) in [5.74, 6) is -11.2. The molecule has 4 amide bonds. The lowest BCUT2D eigenvalue weighted by Gasteiger charge is -2.51. The van der Waals surface area contributed by atoms with Crippen LogP contribution >= 0.6 is 0 Å². The monoisotopic (exact) mass is 2130 g/mol. The molecular weight excluding hydrogens is 2000 g/mol. The van der Waals surface area contributed by atoms with Crippen LogP contribution in [0.3, 0.4) is 0 Å². The summed E-state index contributed by atoms with van der Waals surface area (Å²) in [6, 6.07) is -7.37. The van der Waals surface area contributed by atoms with Gasteiger partial charge in [-0.25, -0.2) is 0 Å². The molecule has 0 aromatic heterocycles. The maximum absolute atomic E-state index is 13.3. The van der Waals surface area contributed by atoms with Crippen LogP contribution in [0.5, 0.6) is 0 Å². The molecule has 0 aromatic rings. The van der Waals surface area contributed by atoms with E-state index in [-0.39, 0.29) is 12.9 Å². The van der Waals surface area contributed by atoms with Gasteiger partial charge in [-0.3, -0.25) is 28.8 Å². The van der Waals surface area contributed by atoms with Crippen LogP contribution < -0.4 is 21.3 Å². The lowest BCUT2D eigenvalue weighted by atomic mass is 9.87. The van der Waals surface area contributed by atoms with Crippen LogP contribution in [0.4, 0.5) is 0 Å². The molecule has 11 heterocycles. The van der Waals surface area contributed by atoms with Gasteiger partial charge in [0.15, 0.2) is 50.3 Å². The number of carbonyl (C=O) groups excluding carboxylic acids is 6. The fourth-order valence-electron chi connectivity index (χ4n) is 19.1. The van der Waals surface area contributed by atoms with Gasteiger partial charge >= 0.3 is 11.9 Å². The summed E-state index contributed by atoms with van der Waals surface area (Å²) in [5.41, 5.74) is 0. The Morgan fingerprint density at radius 1 is 0.308 bits per heavy atom. The molecule has 63 nitrogen and oxygen atoms in total. The molecule has 11 aliphatic heterocycles. The number of hydrogen-bond donors (Lipinski definition) is 34. The number of hydrogen-bond acceptors (Lipinski definition) is 59. The van der Waals surface area contributed by atoms with Crippen molar-refractivity contribution in [3.05, 3.63) is 0 Å². The van der Waals surface area contributed by atoms with Crippen molar-refractivity contribution in [2.24, 2.45) is 11.8 Å². The third-order valence-corrected chi connectivity index (χ3v) is 27.3. The molecule has 0 spiro atoms. The number of nitrogens with one attached hydrogen (secondary N) is 4. The van der Waals surface area contributed by atoms with E-state index >= 15 is 0 Å². The molecule has 63 heteroatoms. The molecule has 11 rings (SSSR count). The second kappa shape index (κ2) is 52.8. The molecule has 0 aliphatic carbocycles. The zero-order valence-corrected chi connectivity index (χ0v) is 79.4. The first-order valence-electron chi connectivity index (χ1n) is 46.9. The molecule has 11 aliphatic rings. The predicted octanol–water partition coefficient (Wildman–Crippen LogP) is -22.3. The fraction of sp³-hybridized carbons (Fsp3) is 0.928. The second-order valence-corrected chi connectivity index (χ2v) is 37.4. The molecule has 0 bridgehead atoms. The minimum atomic E-state index is -2.70. The van der Waals surface area contributed by atoms with Crippen LogP contribution in [0.25, 0.3) is 0 Å². The van der Waals surface area contributed by atoms with E-state index in [0.717, 1.165) is 27.7 Å². The first kappa shape index (κ1) is 121. The average Bonchev–Trinajstić information content (AvgIpc) is 0.827. The quantitative estimate of drug-likeness (QED) is 0.0199.